The molecular formula is C24H32BrN7O. The molecular weight excluding hydrogens is 482 g/mol. The first-order valence-corrected chi connectivity index (χ1v) is 12.6. The largest absolute Gasteiger partial charge is 0.395 e. The Kier molecular flexibility index (Phi) is 6.82. The normalized spacial score (nSPS) is 18.8. The predicted molar refractivity (Wildman–Crippen MR) is 137 cm³/mol. The van der Waals surface area contributed by atoms with E-state index < -0.39 is 0 Å². The number of hydrogen-bond acceptors (Lipinski definition) is 7. The van der Waals surface area contributed by atoms with Crippen LogP contribution in [0.15, 0.2) is 34.9 Å². The summed E-state index contributed by atoms with van der Waals surface area (Å²) in [6.45, 7) is 7.15. The average molecular weight is 514 g/mol. The number of H-pyrrole nitrogens is 1. The number of β-amino-alcohol motifs (C(OH)–C–C–N with tert-alkyl or cyclic N) is 1. The summed E-state index contributed by atoms with van der Waals surface area (Å²) >= 11 is 3.68. The average Bonchev–Trinajstić information content (AvgIpc) is 3.28. The van der Waals surface area contributed by atoms with Gasteiger partial charge in [0.2, 0.25) is 0 Å². The van der Waals surface area contributed by atoms with Crippen LogP contribution >= 0.6 is 15.9 Å². The van der Waals surface area contributed by atoms with Crippen molar-refractivity contribution in [3.8, 4) is 11.4 Å². The van der Waals surface area contributed by atoms with Crippen LogP contribution in [0.1, 0.15) is 12.8 Å². The molecule has 176 valence electrons. The van der Waals surface area contributed by atoms with Gasteiger partial charge < -0.3 is 25.2 Å². The number of likely N-dealkylation sites (tertiary alicyclic amines) is 1. The van der Waals surface area contributed by atoms with E-state index in [2.05, 4.69) is 77.2 Å². The maximum Gasteiger partial charge on any atom is 0.180 e. The van der Waals surface area contributed by atoms with Gasteiger partial charge in [0.15, 0.2) is 5.65 Å². The SMILES string of the molecule is CN1CCC(Nc2c(Br)cnc3nc(-c4ccc(N5CCN(CCO)CC5)cc4)[nH]c23)CC1. The van der Waals surface area contributed by atoms with Crippen LogP contribution in [-0.2, 0) is 0 Å². The van der Waals surface area contributed by atoms with Crippen molar-refractivity contribution in [1.29, 1.82) is 0 Å². The third kappa shape index (κ3) is 5.01. The number of benzene rings is 1. The third-order valence-corrected chi connectivity index (χ3v) is 7.44. The Morgan fingerprint density at radius 2 is 1.82 bits per heavy atom. The molecule has 2 fully saturated rings. The number of nitrogens with zero attached hydrogens (tertiary/aromatic N) is 5. The van der Waals surface area contributed by atoms with Crippen LogP contribution in [0, 0.1) is 0 Å². The summed E-state index contributed by atoms with van der Waals surface area (Å²) in [7, 11) is 2.18. The molecule has 1 aromatic carbocycles. The molecule has 2 aliphatic rings. The molecule has 2 saturated heterocycles. The standard InChI is InChI=1S/C24H32BrN7O/c1-30-8-6-18(7-9-30)27-21-20(25)16-26-24-22(21)28-23(29-24)17-2-4-19(5-3-17)32-12-10-31(11-13-32)14-15-33/h2-5,16,18,33H,6-15H2,1H3,(H2,26,27,28,29). The zero-order valence-corrected chi connectivity index (χ0v) is 20.7. The molecule has 33 heavy (non-hydrogen) atoms. The van der Waals surface area contributed by atoms with Gasteiger partial charge in [0, 0.05) is 56.2 Å². The number of aliphatic hydroxyl groups is 1. The quantitative estimate of drug-likeness (QED) is 0.467. The van der Waals surface area contributed by atoms with E-state index in [4.69, 9.17) is 10.1 Å². The maximum absolute atomic E-state index is 9.14. The highest BCUT2D eigenvalue weighted by molar-refractivity contribution is 9.10. The van der Waals surface area contributed by atoms with Crippen LogP contribution in [0.3, 0.4) is 0 Å². The third-order valence-electron chi connectivity index (χ3n) is 6.84. The summed E-state index contributed by atoms with van der Waals surface area (Å²) in [5, 5.41) is 12.9. The lowest BCUT2D eigenvalue weighted by Crippen LogP contribution is -2.47. The van der Waals surface area contributed by atoms with Crippen LogP contribution in [0.4, 0.5) is 11.4 Å². The number of piperidine rings is 1. The Bertz CT molecular complexity index is 1070. The minimum absolute atomic E-state index is 0.229. The van der Waals surface area contributed by atoms with E-state index in [1.54, 1.807) is 0 Å². The lowest BCUT2D eigenvalue weighted by Gasteiger charge is -2.35. The van der Waals surface area contributed by atoms with Crippen molar-refractivity contribution in [2.24, 2.45) is 0 Å². The number of piperazine rings is 1. The number of rotatable bonds is 6. The minimum Gasteiger partial charge on any atom is -0.395 e. The van der Waals surface area contributed by atoms with Crippen molar-refractivity contribution in [1.82, 2.24) is 24.8 Å². The highest BCUT2D eigenvalue weighted by Crippen LogP contribution is 2.32. The molecule has 0 aliphatic carbocycles. The second kappa shape index (κ2) is 9.97. The molecule has 0 amide bonds. The lowest BCUT2D eigenvalue weighted by molar-refractivity contribution is 0.189. The number of aromatic nitrogens is 3. The van der Waals surface area contributed by atoms with Crippen LogP contribution in [0.25, 0.3) is 22.6 Å². The Morgan fingerprint density at radius 1 is 1.09 bits per heavy atom. The molecule has 0 atom stereocenters. The molecule has 0 bridgehead atoms. The number of imidazole rings is 1. The molecule has 9 heteroatoms. The monoisotopic (exact) mass is 513 g/mol. The Hall–Kier alpha value is -2.20. The fraction of sp³-hybridized carbons (Fsp3) is 0.500. The van der Waals surface area contributed by atoms with Gasteiger partial charge in [0.1, 0.15) is 11.3 Å². The molecule has 4 heterocycles. The first-order valence-electron chi connectivity index (χ1n) is 11.8. The number of aliphatic hydroxyl groups excluding tert-OH is 1. The van der Waals surface area contributed by atoms with E-state index in [1.165, 1.54) is 5.69 Å². The Morgan fingerprint density at radius 3 is 2.52 bits per heavy atom. The topological polar surface area (TPSA) is 83.6 Å². The van der Waals surface area contributed by atoms with Crippen LogP contribution in [0.5, 0.6) is 0 Å². The van der Waals surface area contributed by atoms with E-state index in [-0.39, 0.29) is 6.61 Å². The number of pyridine rings is 1. The van der Waals surface area contributed by atoms with Gasteiger partial charge in [-0.05, 0) is 73.2 Å². The molecule has 0 spiro atoms. The highest BCUT2D eigenvalue weighted by atomic mass is 79.9. The van der Waals surface area contributed by atoms with Gasteiger partial charge in [0.25, 0.3) is 0 Å². The molecule has 2 aliphatic heterocycles. The fourth-order valence-corrected chi connectivity index (χ4v) is 5.18. The van der Waals surface area contributed by atoms with Crippen LogP contribution in [0.2, 0.25) is 0 Å². The first kappa shape index (κ1) is 22.6. The predicted octanol–water partition coefficient (Wildman–Crippen LogP) is 3.01. The summed E-state index contributed by atoms with van der Waals surface area (Å²) in [5.41, 5.74) is 5.00. The van der Waals surface area contributed by atoms with Crippen molar-refractivity contribution in [2.45, 2.75) is 18.9 Å². The molecule has 0 radical (unpaired) electrons. The van der Waals surface area contributed by atoms with Gasteiger partial charge in [0.05, 0.1) is 16.8 Å². The van der Waals surface area contributed by atoms with Crippen LogP contribution < -0.4 is 10.2 Å². The number of aromatic amines is 1. The summed E-state index contributed by atoms with van der Waals surface area (Å²) < 4.78 is 0.958. The van der Waals surface area contributed by atoms with Crippen molar-refractivity contribution in [3.05, 3.63) is 34.9 Å². The van der Waals surface area contributed by atoms with Gasteiger partial charge in [-0.3, -0.25) is 4.90 Å². The van der Waals surface area contributed by atoms with Crippen molar-refractivity contribution in [3.63, 3.8) is 0 Å². The fourth-order valence-electron chi connectivity index (χ4n) is 4.77. The number of hydrogen-bond donors (Lipinski definition) is 3. The zero-order chi connectivity index (χ0) is 22.8. The summed E-state index contributed by atoms with van der Waals surface area (Å²) in [6, 6.07) is 9.06. The second-order valence-corrected chi connectivity index (χ2v) is 9.94. The number of anilines is 2. The van der Waals surface area contributed by atoms with E-state index in [0.29, 0.717) is 6.04 Å². The number of fused-ring (bicyclic) bond motifs is 1. The minimum atomic E-state index is 0.229. The smallest absolute Gasteiger partial charge is 0.180 e. The first-order chi connectivity index (χ1) is 16.1. The zero-order valence-electron chi connectivity index (χ0n) is 19.1. The maximum atomic E-state index is 9.14. The van der Waals surface area contributed by atoms with Gasteiger partial charge in [-0.25, -0.2) is 9.97 Å². The molecule has 3 N–H and O–H groups in total. The second-order valence-electron chi connectivity index (χ2n) is 9.09. The number of halogens is 1. The molecule has 0 saturated carbocycles. The number of nitrogens with one attached hydrogen (secondary N) is 2. The Balaban J connectivity index is 1.33. The van der Waals surface area contributed by atoms with E-state index in [1.807, 2.05) is 6.20 Å². The molecule has 0 unspecified atom stereocenters. The highest BCUT2D eigenvalue weighted by Gasteiger charge is 2.21. The van der Waals surface area contributed by atoms with Gasteiger partial charge in [-0.15, -0.1) is 0 Å². The van der Waals surface area contributed by atoms with Crippen molar-refractivity contribution in [2.75, 3.05) is 69.7 Å². The van der Waals surface area contributed by atoms with E-state index in [9.17, 15) is 0 Å². The Labute approximate surface area is 203 Å². The van der Waals surface area contributed by atoms with Gasteiger partial charge in [-0.1, -0.05) is 0 Å². The van der Waals surface area contributed by atoms with Crippen molar-refractivity contribution < 1.29 is 5.11 Å². The molecule has 8 nitrogen and oxygen atoms in total. The van der Waals surface area contributed by atoms with Gasteiger partial charge in [-0.2, -0.15) is 0 Å². The molecule has 3 aromatic rings. The lowest BCUT2D eigenvalue weighted by atomic mass is 10.1. The van der Waals surface area contributed by atoms with E-state index in [0.717, 1.165) is 91.4 Å². The summed E-state index contributed by atoms with van der Waals surface area (Å²) in [6.07, 6.45) is 4.09. The molecule has 2 aromatic heterocycles. The summed E-state index contributed by atoms with van der Waals surface area (Å²) in [5.74, 6) is 0.835. The van der Waals surface area contributed by atoms with Crippen molar-refractivity contribution >= 4 is 38.5 Å². The molecule has 5 rings (SSSR count). The van der Waals surface area contributed by atoms with Crippen LogP contribution in [-0.4, -0.2) is 95.4 Å². The summed E-state index contributed by atoms with van der Waals surface area (Å²) in [4.78, 5) is 19.9. The van der Waals surface area contributed by atoms with E-state index >= 15 is 0 Å². The van der Waals surface area contributed by atoms with Gasteiger partial charge >= 0.3 is 0 Å².